The molecule has 0 spiro atoms. The van der Waals surface area contributed by atoms with Crippen molar-refractivity contribution in [3.63, 3.8) is 0 Å². The summed E-state index contributed by atoms with van der Waals surface area (Å²) >= 11 is 0. The highest BCUT2D eigenvalue weighted by atomic mass is 16.5. The normalized spacial score (nSPS) is 13.9. The molecule has 0 aliphatic heterocycles. The van der Waals surface area contributed by atoms with Crippen LogP contribution < -0.4 is 5.73 Å². The zero-order chi connectivity index (χ0) is 12.9. The van der Waals surface area contributed by atoms with E-state index in [0.29, 0.717) is 0 Å². The van der Waals surface area contributed by atoms with Gasteiger partial charge in [0.1, 0.15) is 0 Å². The summed E-state index contributed by atoms with van der Waals surface area (Å²) < 4.78 is 7.36. The molecule has 0 amide bonds. The van der Waals surface area contributed by atoms with E-state index in [0.717, 1.165) is 25.8 Å². The highest BCUT2D eigenvalue weighted by Crippen LogP contribution is 2.14. The van der Waals surface area contributed by atoms with Crippen LogP contribution in [0.4, 0.5) is 0 Å². The summed E-state index contributed by atoms with van der Waals surface area (Å²) in [5, 5.41) is 4.35. The van der Waals surface area contributed by atoms with Crippen LogP contribution in [0.2, 0.25) is 0 Å². The first-order valence-corrected chi connectivity index (χ1v) is 6.29. The van der Waals surface area contributed by atoms with Gasteiger partial charge in [-0.15, -0.1) is 0 Å². The van der Waals surface area contributed by atoms with Gasteiger partial charge in [0.2, 0.25) is 0 Å². The second-order valence-corrected chi connectivity index (χ2v) is 5.20. The number of rotatable bonds is 7. The fraction of sp³-hybridized carbons (Fsp3) is 0.769. The minimum absolute atomic E-state index is 0.0913. The van der Waals surface area contributed by atoms with Crippen LogP contribution in [0.3, 0.4) is 0 Å². The van der Waals surface area contributed by atoms with Gasteiger partial charge >= 0.3 is 0 Å². The van der Waals surface area contributed by atoms with Gasteiger partial charge < -0.3 is 10.5 Å². The van der Waals surface area contributed by atoms with Gasteiger partial charge in [-0.3, -0.25) is 4.68 Å². The van der Waals surface area contributed by atoms with Crippen molar-refractivity contribution < 1.29 is 4.74 Å². The van der Waals surface area contributed by atoms with Gasteiger partial charge in [-0.1, -0.05) is 6.92 Å². The fourth-order valence-corrected chi connectivity index (χ4v) is 1.57. The van der Waals surface area contributed by atoms with E-state index in [9.17, 15) is 0 Å². The molecule has 1 aromatic heterocycles. The van der Waals surface area contributed by atoms with Crippen LogP contribution in [0.15, 0.2) is 12.4 Å². The van der Waals surface area contributed by atoms with Crippen molar-refractivity contribution in [1.82, 2.24) is 9.78 Å². The molecule has 1 rings (SSSR count). The maximum atomic E-state index is 5.92. The fourth-order valence-electron chi connectivity index (χ4n) is 1.57. The Morgan fingerprint density at radius 3 is 2.82 bits per heavy atom. The quantitative estimate of drug-likeness (QED) is 0.791. The molecule has 0 fully saturated rings. The standard InChI is InChI=1S/C13H25N3O/c1-5-12(14)8-11-9-15-16(10-11)7-6-13(2,3)17-4/h9-10,12H,5-8,14H2,1-4H3. The van der Waals surface area contributed by atoms with Crippen molar-refractivity contribution in [2.75, 3.05) is 7.11 Å². The second kappa shape index (κ2) is 6.17. The molecule has 0 aliphatic rings. The average molecular weight is 239 g/mol. The van der Waals surface area contributed by atoms with E-state index in [1.807, 2.05) is 10.9 Å². The third-order valence-electron chi connectivity index (χ3n) is 3.20. The first kappa shape index (κ1) is 14.2. The molecule has 0 bridgehead atoms. The van der Waals surface area contributed by atoms with Crippen LogP contribution in [-0.2, 0) is 17.7 Å². The van der Waals surface area contributed by atoms with Crippen molar-refractivity contribution in [3.8, 4) is 0 Å². The molecular formula is C13H25N3O. The van der Waals surface area contributed by atoms with Gasteiger partial charge in [-0.2, -0.15) is 5.10 Å². The predicted octanol–water partition coefficient (Wildman–Crippen LogP) is 1.98. The Labute approximate surface area is 104 Å². The Balaban J connectivity index is 2.46. The van der Waals surface area contributed by atoms with Crippen molar-refractivity contribution in [3.05, 3.63) is 18.0 Å². The molecule has 1 unspecified atom stereocenters. The monoisotopic (exact) mass is 239 g/mol. The van der Waals surface area contributed by atoms with E-state index in [4.69, 9.17) is 10.5 Å². The molecule has 2 N–H and O–H groups in total. The molecule has 1 aromatic rings. The number of aryl methyl sites for hydroxylation is 1. The van der Waals surface area contributed by atoms with Crippen LogP contribution in [0, 0.1) is 0 Å². The van der Waals surface area contributed by atoms with Gasteiger partial charge in [-0.25, -0.2) is 0 Å². The molecule has 0 saturated heterocycles. The van der Waals surface area contributed by atoms with Crippen molar-refractivity contribution >= 4 is 0 Å². The van der Waals surface area contributed by atoms with Crippen molar-refractivity contribution in [2.45, 2.75) is 58.2 Å². The van der Waals surface area contributed by atoms with Crippen LogP contribution >= 0.6 is 0 Å². The summed E-state index contributed by atoms with van der Waals surface area (Å²) in [4.78, 5) is 0. The number of aromatic nitrogens is 2. The lowest BCUT2D eigenvalue weighted by Gasteiger charge is -2.22. The van der Waals surface area contributed by atoms with E-state index in [1.165, 1.54) is 5.56 Å². The molecule has 0 aromatic carbocycles. The summed E-state index contributed by atoms with van der Waals surface area (Å²) in [5.74, 6) is 0. The molecule has 0 radical (unpaired) electrons. The molecule has 1 atom stereocenters. The number of methoxy groups -OCH3 is 1. The summed E-state index contributed by atoms with van der Waals surface area (Å²) in [5.41, 5.74) is 7.05. The van der Waals surface area contributed by atoms with Crippen molar-refractivity contribution in [1.29, 1.82) is 0 Å². The Morgan fingerprint density at radius 2 is 2.24 bits per heavy atom. The van der Waals surface area contributed by atoms with Crippen molar-refractivity contribution in [2.24, 2.45) is 5.73 Å². The maximum absolute atomic E-state index is 5.92. The lowest BCUT2D eigenvalue weighted by molar-refractivity contribution is 0.0113. The van der Waals surface area contributed by atoms with E-state index in [1.54, 1.807) is 7.11 Å². The number of nitrogens with zero attached hydrogens (tertiary/aromatic N) is 2. The zero-order valence-corrected chi connectivity index (χ0v) is 11.4. The molecule has 98 valence electrons. The van der Waals surface area contributed by atoms with Gasteiger partial charge in [0.25, 0.3) is 0 Å². The van der Waals surface area contributed by atoms with Crippen LogP contribution in [-0.4, -0.2) is 28.5 Å². The van der Waals surface area contributed by atoms with E-state index in [-0.39, 0.29) is 11.6 Å². The lowest BCUT2D eigenvalue weighted by atomic mass is 10.1. The smallest absolute Gasteiger partial charge is 0.0640 e. The maximum Gasteiger partial charge on any atom is 0.0640 e. The number of hydrogen-bond donors (Lipinski definition) is 1. The topological polar surface area (TPSA) is 53.1 Å². The third kappa shape index (κ3) is 4.88. The zero-order valence-electron chi connectivity index (χ0n) is 11.4. The molecular weight excluding hydrogens is 214 g/mol. The SMILES string of the molecule is CCC(N)Cc1cnn(CCC(C)(C)OC)c1. The van der Waals surface area contributed by atoms with E-state index < -0.39 is 0 Å². The van der Waals surface area contributed by atoms with Crippen LogP contribution in [0.25, 0.3) is 0 Å². The number of ether oxygens (including phenoxy) is 1. The molecule has 0 aliphatic carbocycles. The van der Waals surface area contributed by atoms with E-state index in [2.05, 4.69) is 32.1 Å². The summed E-state index contributed by atoms with van der Waals surface area (Å²) in [6.45, 7) is 7.16. The first-order valence-electron chi connectivity index (χ1n) is 6.29. The Morgan fingerprint density at radius 1 is 1.53 bits per heavy atom. The number of nitrogens with two attached hydrogens (primary N) is 1. The van der Waals surface area contributed by atoms with Crippen LogP contribution in [0.1, 0.15) is 39.2 Å². The second-order valence-electron chi connectivity index (χ2n) is 5.20. The van der Waals surface area contributed by atoms with Gasteiger partial charge in [0.15, 0.2) is 0 Å². The summed E-state index contributed by atoms with van der Waals surface area (Å²) in [6, 6.07) is 0.239. The minimum Gasteiger partial charge on any atom is -0.379 e. The molecule has 17 heavy (non-hydrogen) atoms. The van der Waals surface area contributed by atoms with Gasteiger partial charge in [0.05, 0.1) is 11.8 Å². The van der Waals surface area contributed by atoms with Gasteiger partial charge in [-0.05, 0) is 38.7 Å². The molecule has 4 heteroatoms. The molecule has 1 heterocycles. The Kier molecular flexibility index (Phi) is 5.15. The Bertz CT molecular complexity index is 333. The molecule has 0 saturated carbocycles. The minimum atomic E-state index is -0.0913. The highest BCUT2D eigenvalue weighted by Gasteiger charge is 2.16. The lowest BCUT2D eigenvalue weighted by Crippen LogP contribution is -2.24. The number of hydrogen-bond acceptors (Lipinski definition) is 3. The van der Waals surface area contributed by atoms with E-state index >= 15 is 0 Å². The first-order chi connectivity index (χ1) is 7.96. The van der Waals surface area contributed by atoms with Gasteiger partial charge in [0, 0.05) is 25.9 Å². The summed E-state index contributed by atoms with van der Waals surface area (Å²) in [7, 11) is 1.74. The summed E-state index contributed by atoms with van der Waals surface area (Å²) in [6.07, 6.45) is 6.85. The third-order valence-corrected chi connectivity index (χ3v) is 3.20. The van der Waals surface area contributed by atoms with Crippen LogP contribution in [0.5, 0.6) is 0 Å². The average Bonchev–Trinajstić information content (AvgIpc) is 2.74. The molecule has 4 nitrogen and oxygen atoms in total. The largest absolute Gasteiger partial charge is 0.379 e. The highest BCUT2D eigenvalue weighted by molar-refractivity contribution is 5.05. The predicted molar refractivity (Wildman–Crippen MR) is 69.9 cm³/mol. The Hall–Kier alpha value is -0.870.